The number of thioether (sulfide) groups is 1. The Morgan fingerprint density at radius 2 is 2.12 bits per heavy atom. The third-order valence-electron chi connectivity index (χ3n) is 4.77. The van der Waals surface area contributed by atoms with Crippen LogP contribution in [-0.4, -0.2) is 28.7 Å². The lowest BCUT2D eigenvalue weighted by Crippen LogP contribution is -2.36. The Labute approximate surface area is 158 Å². The van der Waals surface area contributed by atoms with E-state index in [2.05, 4.69) is 25.8 Å². The van der Waals surface area contributed by atoms with Crippen molar-refractivity contribution in [1.29, 1.82) is 0 Å². The van der Waals surface area contributed by atoms with E-state index in [9.17, 15) is 9.59 Å². The van der Waals surface area contributed by atoms with Crippen LogP contribution in [0.4, 0.5) is 0 Å². The predicted octanol–water partition coefficient (Wildman–Crippen LogP) is 3.58. The van der Waals surface area contributed by atoms with E-state index in [1.54, 1.807) is 0 Å². The minimum atomic E-state index is -0.367. The molecule has 3 atom stereocenters. The maximum atomic E-state index is 12.3. The van der Waals surface area contributed by atoms with E-state index in [1.807, 2.05) is 6.92 Å². The molecular weight excluding hydrogens is 356 g/mol. The Hall–Kier alpha value is -1.08. The highest BCUT2D eigenvalue weighted by atomic mass is 32.2. The molecular formula is C18H28N2O3S2. The fourth-order valence-electron chi connectivity index (χ4n) is 3.36. The molecule has 1 amide bonds. The number of esters is 1. The predicted molar refractivity (Wildman–Crippen MR) is 102 cm³/mol. The van der Waals surface area contributed by atoms with E-state index in [0.717, 1.165) is 27.8 Å². The molecule has 0 aromatic carbocycles. The van der Waals surface area contributed by atoms with Crippen molar-refractivity contribution >= 4 is 35.0 Å². The second-order valence-electron chi connectivity index (χ2n) is 7.27. The zero-order valence-electron chi connectivity index (χ0n) is 15.4. The van der Waals surface area contributed by atoms with Crippen LogP contribution in [0.25, 0.3) is 0 Å². The number of ether oxygens (including phenoxy) is 1. The first-order valence-corrected chi connectivity index (χ1v) is 10.6. The summed E-state index contributed by atoms with van der Waals surface area (Å²) in [7, 11) is 0. The van der Waals surface area contributed by atoms with Gasteiger partial charge in [-0.2, -0.15) is 0 Å². The van der Waals surface area contributed by atoms with E-state index < -0.39 is 0 Å². The molecule has 0 aliphatic heterocycles. The topological polar surface area (TPSA) is 82.3 Å². The third kappa shape index (κ3) is 5.99. The van der Waals surface area contributed by atoms with Gasteiger partial charge in [-0.15, -0.1) is 11.3 Å². The van der Waals surface area contributed by atoms with Crippen molar-refractivity contribution in [2.75, 3.05) is 5.75 Å². The van der Waals surface area contributed by atoms with Crippen LogP contribution >= 0.6 is 23.1 Å². The minimum absolute atomic E-state index is 0.0281. The van der Waals surface area contributed by atoms with Gasteiger partial charge >= 0.3 is 5.97 Å². The lowest BCUT2D eigenvalue weighted by atomic mass is 9.75. The van der Waals surface area contributed by atoms with E-state index in [-0.39, 0.29) is 30.2 Å². The van der Waals surface area contributed by atoms with Crippen molar-refractivity contribution in [3.63, 3.8) is 0 Å². The lowest BCUT2D eigenvalue weighted by molar-refractivity contribution is -0.152. The zero-order chi connectivity index (χ0) is 18.6. The molecule has 1 saturated carbocycles. The van der Waals surface area contributed by atoms with Gasteiger partial charge in [0.15, 0.2) is 4.34 Å². The zero-order valence-corrected chi connectivity index (χ0v) is 17.0. The third-order valence-corrected chi connectivity index (χ3v) is 7.04. The summed E-state index contributed by atoms with van der Waals surface area (Å²) in [6, 6.07) is 0. The number of carbonyl (C=O) groups excluding carboxylic acids is 2. The molecule has 1 aliphatic carbocycles. The largest absolute Gasteiger partial charge is 0.461 e. The Balaban J connectivity index is 1.88. The van der Waals surface area contributed by atoms with Gasteiger partial charge in [0.1, 0.15) is 6.10 Å². The lowest BCUT2D eigenvalue weighted by Gasteiger charge is -2.36. The normalized spacial score (nSPS) is 23.6. The summed E-state index contributed by atoms with van der Waals surface area (Å²) in [5.74, 6) is 1.29. The second kappa shape index (κ2) is 9.03. The molecule has 5 nitrogen and oxygen atoms in total. The van der Waals surface area contributed by atoms with Crippen molar-refractivity contribution in [3.8, 4) is 0 Å². The van der Waals surface area contributed by atoms with Gasteiger partial charge in [0.2, 0.25) is 5.91 Å². The number of hydrogen-bond donors (Lipinski definition) is 1. The van der Waals surface area contributed by atoms with Gasteiger partial charge in [-0.1, -0.05) is 39.0 Å². The van der Waals surface area contributed by atoms with Crippen LogP contribution in [0.1, 0.15) is 50.6 Å². The van der Waals surface area contributed by atoms with Crippen LogP contribution in [0.2, 0.25) is 0 Å². The van der Waals surface area contributed by atoms with Gasteiger partial charge in [-0.3, -0.25) is 9.59 Å². The maximum absolute atomic E-state index is 12.3. The summed E-state index contributed by atoms with van der Waals surface area (Å²) in [5, 5.41) is 0. The quantitative estimate of drug-likeness (QED) is 0.574. The highest BCUT2D eigenvalue weighted by Crippen LogP contribution is 2.36. The standard InChI is InChI=1S/C18H28N2O3S2/c1-10(2)13-6-5-11(3)7-14(13)23-17(22)9-24-18-20-12(4)15(25-18)8-16(19)21/h10-11,13-14H,5-9H2,1-4H3,(H2,19,21)/t11-,13+,14+/m0/s1. The smallest absolute Gasteiger partial charge is 0.316 e. The van der Waals surface area contributed by atoms with Crippen LogP contribution in [0.5, 0.6) is 0 Å². The Morgan fingerprint density at radius 1 is 1.40 bits per heavy atom. The first-order chi connectivity index (χ1) is 11.8. The molecule has 2 N–H and O–H groups in total. The molecule has 0 bridgehead atoms. The van der Waals surface area contributed by atoms with Crippen molar-refractivity contribution < 1.29 is 14.3 Å². The number of aryl methyl sites for hydroxylation is 1. The first kappa shape index (κ1) is 20.2. The number of hydrogen-bond acceptors (Lipinski definition) is 6. The Morgan fingerprint density at radius 3 is 2.76 bits per heavy atom. The minimum Gasteiger partial charge on any atom is -0.461 e. The molecule has 2 rings (SSSR count). The summed E-state index contributed by atoms with van der Waals surface area (Å²) < 4.78 is 6.58. The number of carbonyl (C=O) groups is 2. The van der Waals surface area contributed by atoms with E-state index in [4.69, 9.17) is 10.5 Å². The summed E-state index contributed by atoms with van der Waals surface area (Å²) >= 11 is 2.80. The molecule has 25 heavy (non-hydrogen) atoms. The molecule has 0 saturated heterocycles. The SMILES string of the molecule is Cc1nc(SCC(=O)O[C@@H]2C[C@@H](C)CC[C@@H]2C(C)C)sc1CC(N)=O. The number of nitrogens with two attached hydrogens (primary N) is 1. The van der Waals surface area contributed by atoms with Gasteiger partial charge in [0.05, 0.1) is 17.9 Å². The van der Waals surface area contributed by atoms with Crippen molar-refractivity contribution in [3.05, 3.63) is 10.6 Å². The molecule has 0 radical (unpaired) electrons. The van der Waals surface area contributed by atoms with Crippen LogP contribution < -0.4 is 5.73 Å². The Kier molecular flexibility index (Phi) is 7.31. The summed E-state index contributed by atoms with van der Waals surface area (Å²) in [5.41, 5.74) is 6.04. The van der Waals surface area contributed by atoms with Crippen molar-refractivity contribution in [1.82, 2.24) is 4.98 Å². The summed E-state index contributed by atoms with van der Waals surface area (Å²) in [6.07, 6.45) is 3.53. The molecule has 1 aromatic rings. The number of thiazole rings is 1. The summed E-state index contributed by atoms with van der Waals surface area (Å²) in [4.78, 5) is 28.6. The van der Waals surface area contributed by atoms with Crippen LogP contribution in [0.3, 0.4) is 0 Å². The van der Waals surface area contributed by atoms with Gasteiger partial charge < -0.3 is 10.5 Å². The van der Waals surface area contributed by atoms with Crippen LogP contribution in [0.15, 0.2) is 4.34 Å². The molecule has 1 heterocycles. The first-order valence-electron chi connectivity index (χ1n) is 8.83. The molecule has 0 spiro atoms. The number of amides is 1. The monoisotopic (exact) mass is 384 g/mol. The highest BCUT2D eigenvalue weighted by Gasteiger charge is 2.33. The van der Waals surface area contributed by atoms with Gasteiger partial charge in [-0.05, 0) is 37.5 Å². The van der Waals surface area contributed by atoms with E-state index in [1.165, 1.54) is 29.5 Å². The fraction of sp³-hybridized carbons (Fsp3) is 0.722. The van der Waals surface area contributed by atoms with Crippen LogP contribution in [0, 0.1) is 24.7 Å². The number of rotatable bonds is 7. The number of nitrogens with zero attached hydrogens (tertiary/aromatic N) is 1. The average Bonchev–Trinajstić information content (AvgIpc) is 2.84. The average molecular weight is 385 g/mol. The van der Waals surface area contributed by atoms with E-state index in [0.29, 0.717) is 17.8 Å². The fourth-order valence-corrected chi connectivity index (χ4v) is 5.39. The van der Waals surface area contributed by atoms with Crippen LogP contribution in [-0.2, 0) is 20.7 Å². The van der Waals surface area contributed by atoms with Gasteiger partial charge in [0.25, 0.3) is 0 Å². The number of aromatic nitrogens is 1. The Bertz CT molecular complexity index is 615. The van der Waals surface area contributed by atoms with E-state index >= 15 is 0 Å². The van der Waals surface area contributed by atoms with Gasteiger partial charge in [-0.25, -0.2) is 4.98 Å². The van der Waals surface area contributed by atoms with Gasteiger partial charge in [0, 0.05) is 4.88 Å². The van der Waals surface area contributed by atoms with Crippen molar-refractivity contribution in [2.45, 2.75) is 63.8 Å². The number of primary amides is 1. The van der Waals surface area contributed by atoms with Crippen molar-refractivity contribution in [2.24, 2.45) is 23.5 Å². The molecule has 1 fully saturated rings. The molecule has 0 unspecified atom stereocenters. The summed E-state index contributed by atoms with van der Waals surface area (Å²) in [6.45, 7) is 8.49. The molecule has 7 heteroatoms. The molecule has 1 aromatic heterocycles. The molecule has 1 aliphatic rings. The molecule has 140 valence electrons. The second-order valence-corrected chi connectivity index (χ2v) is 9.58. The highest BCUT2D eigenvalue weighted by molar-refractivity contribution is 8.01. The maximum Gasteiger partial charge on any atom is 0.316 e.